The van der Waals surface area contributed by atoms with Crippen LogP contribution in [0.4, 0.5) is 83.2 Å². The molecule has 0 fully saturated rings. The summed E-state index contributed by atoms with van der Waals surface area (Å²) in [6.45, 7) is 4.06. The van der Waals surface area contributed by atoms with Crippen LogP contribution in [0.5, 0.6) is 51.7 Å². The molecule has 0 aliphatic rings. The molecule has 8 aromatic carbocycles. The van der Waals surface area contributed by atoms with Gasteiger partial charge in [-0.2, -0.15) is 26.3 Å². The highest BCUT2D eigenvalue weighted by molar-refractivity contribution is 7.91. The van der Waals surface area contributed by atoms with Gasteiger partial charge in [-0.1, -0.05) is 38.1 Å². The van der Waals surface area contributed by atoms with Crippen molar-refractivity contribution in [2.24, 2.45) is 0 Å². The molecular formula is C54H58F6N10O11S. The Morgan fingerprint density at radius 1 is 0.305 bits per heavy atom. The monoisotopic (exact) mass is 1170 g/mol. The molecule has 8 aromatic rings. The Bertz CT molecular complexity index is 3490. The van der Waals surface area contributed by atoms with Crippen LogP contribution >= 0.6 is 0 Å². The van der Waals surface area contributed by atoms with Gasteiger partial charge in [-0.05, 0) is 131 Å². The van der Waals surface area contributed by atoms with E-state index in [0.29, 0.717) is 59.1 Å². The van der Waals surface area contributed by atoms with E-state index in [0.717, 1.165) is 29.3 Å². The highest BCUT2D eigenvalue weighted by Gasteiger charge is 2.72. The molecule has 0 spiro atoms. The lowest BCUT2D eigenvalue weighted by atomic mass is 9.72. The van der Waals surface area contributed by atoms with Crippen molar-refractivity contribution in [3.8, 4) is 51.7 Å². The molecule has 0 aromatic heterocycles. The molecule has 29 N–H and O–H groups in total. The molecule has 0 saturated heterocycles. The first kappa shape index (κ1) is 64.0. The summed E-state index contributed by atoms with van der Waals surface area (Å²) in [5, 5.41) is 82.8. The smallest absolute Gasteiger partial charge is 0.411 e. The number of alkyl halides is 6. The Labute approximate surface area is 463 Å². The number of sulfone groups is 1. The van der Waals surface area contributed by atoms with E-state index in [4.69, 9.17) is 72.7 Å². The Morgan fingerprint density at radius 2 is 0.549 bits per heavy atom. The lowest BCUT2D eigenvalue weighted by molar-refractivity contribution is -0.288. The molecule has 0 saturated carbocycles. The number of rotatable bonds is 6. The fourth-order valence-electron chi connectivity index (χ4n) is 7.33. The molecule has 28 heteroatoms. The molecule has 0 heterocycles. The van der Waals surface area contributed by atoms with Crippen molar-refractivity contribution in [1.29, 1.82) is 0 Å². The molecular weight excluding hydrogens is 1110 g/mol. The minimum Gasteiger partial charge on any atom is -0.506 e. The second kappa shape index (κ2) is 24.7. The SMILES string of the molecule is CC(C)(c1ccc(O)c(N)c1)c1ccc(O)c(N)c1.Nc1cc(C(c2ccc(O)c(N)c2)(C(F)(F)F)C(F)(F)F)ccc1O.Nc1cc(N)c(O)cc1O.Nc1cc(S(=O)(=O)c2ccc(O)c(N)c2)ccc1O.Nc1ccc(O)c(N)c1. The number of aromatic hydroxyl groups is 9. The average Bonchev–Trinajstić information content (AvgIpc) is 2.03. The molecule has 0 amide bonds. The van der Waals surface area contributed by atoms with Gasteiger partial charge in [-0.25, -0.2) is 8.42 Å². The van der Waals surface area contributed by atoms with Gasteiger partial charge >= 0.3 is 12.4 Å². The summed E-state index contributed by atoms with van der Waals surface area (Å²) in [6, 6.07) is 27.5. The Kier molecular flexibility index (Phi) is 19.3. The number of nitrogens with two attached hydrogens (primary N) is 10. The van der Waals surface area contributed by atoms with Crippen LogP contribution in [0.15, 0.2) is 149 Å². The number of benzene rings is 8. The Balaban J connectivity index is 0.000000230. The fourth-order valence-corrected chi connectivity index (χ4v) is 8.66. The average molecular weight is 1170 g/mol. The van der Waals surface area contributed by atoms with Gasteiger partial charge in [0.2, 0.25) is 15.3 Å². The van der Waals surface area contributed by atoms with Crippen molar-refractivity contribution in [1.82, 2.24) is 0 Å². The molecule has 0 radical (unpaired) electrons. The minimum atomic E-state index is -5.82. The van der Waals surface area contributed by atoms with E-state index in [-0.39, 0.29) is 78.2 Å². The summed E-state index contributed by atoms with van der Waals surface area (Å²) >= 11 is 0. The number of phenolic OH excluding ortho intramolecular Hbond substituents is 9. The number of halogens is 6. The zero-order valence-electron chi connectivity index (χ0n) is 43.1. The lowest BCUT2D eigenvalue weighted by Gasteiger charge is -2.38. The van der Waals surface area contributed by atoms with Gasteiger partial charge in [0.25, 0.3) is 0 Å². The van der Waals surface area contributed by atoms with Gasteiger partial charge in [0.05, 0.1) is 61.0 Å². The van der Waals surface area contributed by atoms with Crippen molar-refractivity contribution in [3.63, 3.8) is 0 Å². The van der Waals surface area contributed by atoms with E-state index in [1.165, 1.54) is 42.5 Å². The van der Waals surface area contributed by atoms with Gasteiger partial charge in [0.15, 0.2) is 0 Å². The Morgan fingerprint density at radius 3 is 0.805 bits per heavy atom. The van der Waals surface area contributed by atoms with Crippen LogP contribution in [-0.4, -0.2) is 66.7 Å². The normalized spacial score (nSPS) is 11.5. The van der Waals surface area contributed by atoms with E-state index in [2.05, 4.69) is 0 Å². The first-order valence-electron chi connectivity index (χ1n) is 23.1. The summed E-state index contributed by atoms with van der Waals surface area (Å²) in [6.07, 6.45) is -11.6. The molecule has 8 rings (SSSR count). The quantitative estimate of drug-likeness (QED) is 0.0323. The second-order valence-corrected chi connectivity index (χ2v) is 20.1. The van der Waals surface area contributed by atoms with Crippen LogP contribution in [0.25, 0.3) is 0 Å². The van der Waals surface area contributed by atoms with Crippen molar-refractivity contribution >= 4 is 66.7 Å². The highest BCUT2D eigenvalue weighted by Crippen LogP contribution is 2.57. The third-order valence-electron chi connectivity index (χ3n) is 12.1. The van der Waals surface area contributed by atoms with Crippen LogP contribution in [0.2, 0.25) is 0 Å². The maximum absolute atomic E-state index is 13.8. The van der Waals surface area contributed by atoms with Gasteiger partial charge < -0.3 is 103 Å². The van der Waals surface area contributed by atoms with Crippen LogP contribution < -0.4 is 57.3 Å². The summed E-state index contributed by atoms with van der Waals surface area (Å²) in [5.74, 6) is -1.80. The number of anilines is 10. The molecule has 82 heavy (non-hydrogen) atoms. The van der Waals surface area contributed by atoms with Crippen molar-refractivity contribution in [2.45, 2.75) is 46.8 Å². The number of phenols is 9. The predicted octanol–water partition coefficient (Wildman–Crippen LogP) is 8.17. The zero-order chi connectivity index (χ0) is 62.2. The summed E-state index contributed by atoms with van der Waals surface area (Å²) < 4.78 is 107. The Hall–Kier alpha value is -10.5. The van der Waals surface area contributed by atoms with Crippen molar-refractivity contribution in [3.05, 3.63) is 162 Å². The molecule has 438 valence electrons. The first-order valence-corrected chi connectivity index (χ1v) is 24.6. The van der Waals surface area contributed by atoms with E-state index >= 15 is 0 Å². The van der Waals surface area contributed by atoms with Crippen molar-refractivity contribution < 1.29 is 80.7 Å². The van der Waals surface area contributed by atoms with Gasteiger partial charge in [-0.15, -0.1) is 0 Å². The highest BCUT2D eigenvalue weighted by atomic mass is 32.2. The number of hydrogen-bond acceptors (Lipinski definition) is 21. The standard InChI is InChI=1S/C15H12F6N2O2.C15H18N2O2.C12H12N2O4S.C6H8N2O2.C6H8N2O/c16-14(17,18)13(15(19,20)21,7-1-3-11(24)9(22)5-7)8-2-4-12(25)10(23)6-8;1-15(2,9-3-5-13(18)11(16)7-9)10-4-6-14(19)12(17)8-10;13-9-5-7(1-3-11(9)15)19(17,18)8-2-4-12(16)10(14)6-8;7-3-1-4(8)6(10)2-5(3)9;7-4-1-2-6(9)5(8)3-4/h1-6,24-25H,22-23H2;3-8,18-19H,16-17H2,1-2H3;1-6,15-16H,13-14H2;1-2,9-10H,7-8H2;1-3,9H,7-8H2. The molecule has 0 bridgehead atoms. The lowest BCUT2D eigenvalue weighted by Crippen LogP contribution is -2.54. The van der Waals surface area contributed by atoms with Crippen LogP contribution in [0.3, 0.4) is 0 Å². The van der Waals surface area contributed by atoms with E-state index in [1.807, 2.05) is 26.0 Å². The second-order valence-electron chi connectivity index (χ2n) is 18.2. The van der Waals surface area contributed by atoms with Gasteiger partial charge in [0, 0.05) is 17.2 Å². The molecule has 0 aliphatic carbocycles. The van der Waals surface area contributed by atoms with Crippen LogP contribution in [0, 0.1) is 0 Å². The third-order valence-corrected chi connectivity index (χ3v) is 13.9. The third kappa shape index (κ3) is 14.4. The predicted molar refractivity (Wildman–Crippen MR) is 301 cm³/mol. The molecule has 0 unspecified atom stereocenters. The maximum Gasteiger partial charge on any atom is 0.411 e. The molecule has 21 nitrogen and oxygen atoms in total. The van der Waals surface area contributed by atoms with Gasteiger partial charge in [0.1, 0.15) is 51.7 Å². The molecule has 0 aliphatic heterocycles. The number of nitrogen functional groups attached to an aromatic ring is 10. The number of hydrogen-bond donors (Lipinski definition) is 19. The summed E-state index contributed by atoms with van der Waals surface area (Å²) in [5.41, 5.74) is 49.3. The van der Waals surface area contributed by atoms with Gasteiger partial charge in [-0.3, -0.25) is 0 Å². The maximum atomic E-state index is 13.8. The largest absolute Gasteiger partial charge is 0.506 e. The topological polar surface area (TPSA) is 476 Å². The van der Waals surface area contributed by atoms with E-state index in [9.17, 15) is 65.4 Å². The summed E-state index contributed by atoms with van der Waals surface area (Å²) in [4.78, 5) is -0.124. The van der Waals surface area contributed by atoms with Crippen LogP contribution in [0.1, 0.15) is 36.1 Å². The first-order chi connectivity index (χ1) is 37.8. The fraction of sp³-hybridized carbons (Fsp3) is 0.111. The van der Waals surface area contributed by atoms with Crippen molar-refractivity contribution in [2.75, 3.05) is 57.3 Å². The zero-order valence-corrected chi connectivity index (χ0v) is 43.9. The summed E-state index contributed by atoms with van der Waals surface area (Å²) in [7, 11) is -3.80. The van der Waals surface area contributed by atoms with Crippen LogP contribution in [-0.2, 0) is 20.7 Å². The van der Waals surface area contributed by atoms with E-state index < -0.39 is 61.6 Å². The minimum absolute atomic E-state index is 0.0344. The van der Waals surface area contributed by atoms with E-state index in [1.54, 1.807) is 30.3 Å². The molecule has 0 atom stereocenters.